The van der Waals surface area contributed by atoms with Gasteiger partial charge in [0.05, 0.1) is 41.8 Å². The molecule has 1 aromatic heterocycles. The number of halogens is 4. The molecule has 2 aromatic carbocycles. The average molecular weight is 552 g/mol. The van der Waals surface area contributed by atoms with Gasteiger partial charge in [0.15, 0.2) is 0 Å². The fourth-order valence-corrected chi connectivity index (χ4v) is 5.89. The van der Waals surface area contributed by atoms with Gasteiger partial charge in [0.2, 0.25) is 5.13 Å². The molecule has 2 amide bonds. The van der Waals surface area contributed by atoms with E-state index in [1.54, 1.807) is 0 Å². The number of nitrogens with one attached hydrogen (secondary N) is 1. The summed E-state index contributed by atoms with van der Waals surface area (Å²) in [6.45, 7) is 1.87. The highest BCUT2D eigenvalue weighted by Gasteiger charge is 2.42. The first-order chi connectivity index (χ1) is 15.1. The number of carbonyl (C=O) groups is 2. The van der Waals surface area contributed by atoms with E-state index in [0.717, 1.165) is 16.2 Å². The molecule has 1 N–H and O–H groups in total. The third kappa shape index (κ3) is 3.74. The molecule has 0 saturated heterocycles. The maximum Gasteiger partial charge on any atom is 0.267 e. The molecule has 8 nitrogen and oxygen atoms in total. The van der Waals surface area contributed by atoms with Crippen LogP contribution >= 0.6 is 57.7 Å². The standard InChI is InChI=1S/C18H10Cl4N4O4S2/c1-2-9-23-24-18(31-9)25-32(29,30)8-5-3-7(4-6-8)26-16(27)10-11(17(26)28)13(20)15(22)14(21)12(10)19/h3-6H,2H2,1H3,(H,24,25). The molecule has 0 unspecified atom stereocenters. The van der Waals surface area contributed by atoms with Gasteiger partial charge < -0.3 is 0 Å². The van der Waals surface area contributed by atoms with Crippen molar-refractivity contribution in [3.63, 3.8) is 0 Å². The van der Waals surface area contributed by atoms with E-state index < -0.39 is 21.8 Å². The minimum Gasteiger partial charge on any atom is -0.268 e. The van der Waals surface area contributed by atoms with Crippen LogP contribution in [0.4, 0.5) is 10.8 Å². The normalized spacial score (nSPS) is 13.6. The number of fused-ring (bicyclic) bond motifs is 1. The van der Waals surface area contributed by atoms with Gasteiger partial charge in [-0.15, -0.1) is 10.2 Å². The third-order valence-corrected chi connectivity index (χ3v) is 8.77. The first-order valence-corrected chi connectivity index (χ1v) is 12.6. The van der Waals surface area contributed by atoms with E-state index in [9.17, 15) is 18.0 Å². The van der Waals surface area contributed by atoms with Gasteiger partial charge in [-0.05, 0) is 30.7 Å². The highest BCUT2D eigenvalue weighted by Crippen LogP contribution is 2.45. The molecule has 2 heterocycles. The lowest BCUT2D eigenvalue weighted by atomic mass is 10.1. The zero-order chi connectivity index (χ0) is 23.4. The van der Waals surface area contributed by atoms with Crippen molar-refractivity contribution in [3.05, 3.63) is 60.5 Å². The molecule has 0 aliphatic carbocycles. The molecule has 32 heavy (non-hydrogen) atoms. The molecule has 0 atom stereocenters. The first kappa shape index (κ1) is 23.2. The van der Waals surface area contributed by atoms with Gasteiger partial charge in [-0.2, -0.15) is 0 Å². The molecule has 14 heteroatoms. The number of imide groups is 1. The Kier molecular flexibility index (Phi) is 6.12. The van der Waals surface area contributed by atoms with Crippen molar-refractivity contribution in [1.82, 2.24) is 10.2 Å². The highest BCUT2D eigenvalue weighted by molar-refractivity contribution is 7.93. The maximum atomic E-state index is 12.9. The second-order valence-corrected chi connectivity index (χ2v) is 10.7. The number of aromatic nitrogens is 2. The van der Waals surface area contributed by atoms with Crippen LogP contribution in [0, 0.1) is 0 Å². The average Bonchev–Trinajstić information content (AvgIpc) is 3.31. The van der Waals surface area contributed by atoms with Crippen molar-refractivity contribution < 1.29 is 18.0 Å². The van der Waals surface area contributed by atoms with Gasteiger partial charge in [-0.3, -0.25) is 14.3 Å². The van der Waals surface area contributed by atoms with Crippen LogP contribution in [0.25, 0.3) is 0 Å². The number of carbonyl (C=O) groups excluding carboxylic acids is 2. The molecule has 166 valence electrons. The quantitative estimate of drug-likeness (QED) is 0.261. The molecule has 0 fully saturated rings. The smallest absolute Gasteiger partial charge is 0.267 e. The minimum absolute atomic E-state index is 0.103. The summed E-state index contributed by atoms with van der Waals surface area (Å²) in [7, 11) is -3.96. The van der Waals surface area contributed by atoms with Crippen LogP contribution in [0.3, 0.4) is 0 Å². The van der Waals surface area contributed by atoms with Gasteiger partial charge in [0.25, 0.3) is 21.8 Å². The second-order valence-electron chi connectivity index (χ2n) is 6.41. The van der Waals surface area contributed by atoms with Crippen LogP contribution in [0.15, 0.2) is 29.2 Å². The molecule has 0 radical (unpaired) electrons. The summed E-state index contributed by atoms with van der Waals surface area (Å²) in [6, 6.07) is 5.09. The van der Waals surface area contributed by atoms with Crippen LogP contribution in [0.5, 0.6) is 0 Å². The molecular weight excluding hydrogens is 542 g/mol. The molecule has 1 aliphatic heterocycles. The van der Waals surface area contributed by atoms with Crippen LogP contribution in [-0.4, -0.2) is 30.4 Å². The van der Waals surface area contributed by atoms with E-state index in [1.807, 2.05) is 6.92 Å². The van der Waals surface area contributed by atoms with Gasteiger partial charge in [-0.1, -0.05) is 64.7 Å². The number of anilines is 2. The fourth-order valence-electron chi connectivity index (χ4n) is 2.97. The van der Waals surface area contributed by atoms with Gasteiger partial charge in [0.1, 0.15) is 5.01 Å². The van der Waals surface area contributed by atoms with Crippen LogP contribution < -0.4 is 9.62 Å². The SMILES string of the molecule is CCc1nnc(NS(=O)(=O)c2ccc(N3C(=O)c4c(Cl)c(Cl)c(Cl)c(Cl)c4C3=O)cc2)s1. The lowest BCUT2D eigenvalue weighted by Crippen LogP contribution is -2.29. The largest absolute Gasteiger partial charge is 0.268 e. The van der Waals surface area contributed by atoms with Crippen molar-refractivity contribution in [2.75, 3.05) is 9.62 Å². The number of benzene rings is 2. The van der Waals surface area contributed by atoms with Crippen LogP contribution in [0.1, 0.15) is 32.6 Å². The maximum absolute atomic E-state index is 12.9. The Morgan fingerprint density at radius 1 is 0.906 bits per heavy atom. The van der Waals surface area contributed by atoms with Crippen molar-refractivity contribution in [2.24, 2.45) is 0 Å². The first-order valence-electron chi connectivity index (χ1n) is 8.76. The topological polar surface area (TPSA) is 109 Å². The molecule has 1 aliphatic rings. The number of rotatable bonds is 5. The van der Waals surface area contributed by atoms with E-state index in [-0.39, 0.29) is 46.9 Å². The number of hydrogen-bond donors (Lipinski definition) is 1. The Hall–Kier alpha value is -1.95. The summed E-state index contributed by atoms with van der Waals surface area (Å²) < 4.78 is 27.6. The van der Waals surface area contributed by atoms with E-state index in [1.165, 1.54) is 24.3 Å². The van der Waals surface area contributed by atoms with Gasteiger partial charge in [-0.25, -0.2) is 13.3 Å². The van der Waals surface area contributed by atoms with Gasteiger partial charge >= 0.3 is 0 Å². The number of hydrogen-bond acceptors (Lipinski definition) is 7. The predicted octanol–water partition coefficient (Wildman–Crippen LogP) is 5.32. The Bertz CT molecular complexity index is 1340. The molecule has 3 aromatic rings. The van der Waals surface area contributed by atoms with E-state index in [2.05, 4.69) is 14.9 Å². The van der Waals surface area contributed by atoms with Crippen LogP contribution in [0.2, 0.25) is 20.1 Å². The zero-order valence-electron chi connectivity index (χ0n) is 15.8. The van der Waals surface area contributed by atoms with Gasteiger partial charge in [0, 0.05) is 0 Å². The van der Waals surface area contributed by atoms with E-state index >= 15 is 0 Å². The minimum atomic E-state index is -3.96. The van der Waals surface area contributed by atoms with Crippen molar-refractivity contribution in [1.29, 1.82) is 0 Å². The number of sulfonamides is 1. The molecule has 0 spiro atoms. The van der Waals surface area contributed by atoms with Crippen molar-refractivity contribution in [3.8, 4) is 0 Å². The summed E-state index contributed by atoms with van der Waals surface area (Å²) >= 11 is 25.4. The summed E-state index contributed by atoms with van der Waals surface area (Å²) in [4.78, 5) is 26.5. The number of nitrogens with zero attached hydrogens (tertiary/aromatic N) is 3. The zero-order valence-corrected chi connectivity index (χ0v) is 20.5. The third-order valence-electron chi connectivity index (χ3n) is 4.50. The summed E-state index contributed by atoms with van der Waals surface area (Å²) in [5.41, 5.74) is -0.228. The monoisotopic (exact) mass is 550 g/mol. The molecule has 0 saturated carbocycles. The highest BCUT2D eigenvalue weighted by atomic mass is 35.5. The lowest BCUT2D eigenvalue weighted by Gasteiger charge is -2.14. The number of aryl methyl sites for hydroxylation is 1. The number of amides is 2. The Morgan fingerprint density at radius 2 is 1.44 bits per heavy atom. The van der Waals surface area contributed by atoms with Crippen molar-refractivity contribution >= 4 is 90.4 Å². The summed E-state index contributed by atoms with van der Waals surface area (Å²) in [6.07, 6.45) is 0.624. The lowest BCUT2D eigenvalue weighted by molar-refractivity contribution is 0.0926. The fraction of sp³-hybridized carbons (Fsp3) is 0.111. The van der Waals surface area contributed by atoms with Crippen LogP contribution in [-0.2, 0) is 16.4 Å². The van der Waals surface area contributed by atoms with E-state index in [4.69, 9.17) is 46.4 Å². The Labute approximate surface area is 206 Å². The molecular formula is C18H10Cl4N4O4S2. The Balaban J connectivity index is 1.66. The predicted molar refractivity (Wildman–Crippen MR) is 124 cm³/mol. The molecule has 0 bridgehead atoms. The summed E-state index contributed by atoms with van der Waals surface area (Å²) in [5.74, 6) is -1.52. The summed E-state index contributed by atoms with van der Waals surface area (Å²) in [5, 5.41) is 7.79. The van der Waals surface area contributed by atoms with Crippen molar-refractivity contribution in [2.45, 2.75) is 18.2 Å². The van der Waals surface area contributed by atoms with E-state index in [0.29, 0.717) is 11.4 Å². The Morgan fingerprint density at radius 3 is 1.91 bits per heavy atom. The molecule has 4 rings (SSSR count). The second kappa shape index (κ2) is 8.44.